The molecule has 2 N–H and O–H groups in total. The number of allylic oxidation sites excluding steroid dienone is 4. The molecule has 27 heavy (non-hydrogen) atoms. The van der Waals surface area contributed by atoms with Crippen LogP contribution in [0.25, 0.3) is 0 Å². The summed E-state index contributed by atoms with van der Waals surface area (Å²) in [6, 6.07) is 2.16. The fourth-order valence-corrected chi connectivity index (χ4v) is 4.27. The quantitative estimate of drug-likeness (QED) is 0.568. The van der Waals surface area contributed by atoms with Crippen molar-refractivity contribution in [2.24, 2.45) is 11.7 Å². The van der Waals surface area contributed by atoms with E-state index < -0.39 is 0 Å². The summed E-state index contributed by atoms with van der Waals surface area (Å²) in [5.41, 5.74) is 11.8. The van der Waals surface area contributed by atoms with E-state index in [0.29, 0.717) is 0 Å². The summed E-state index contributed by atoms with van der Waals surface area (Å²) in [5, 5.41) is 0. The van der Waals surface area contributed by atoms with Crippen LogP contribution in [-0.2, 0) is 12.8 Å². The third-order valence-corrected chi connectivity index (χ3v) is 6.00. The van der Waals surface area contributed by atoms with E-state index in [0.717, 1.165) is 30.9 Å². The van der Waals surface area contributed by atoms with Crippen LogP contribution in [0.3, 0.4) is 0 Å². The third kappa shape index (κ3) is 7.91. The smallest absolute Gasteiger partial charge is 0.0302 e. The van der Waals surface area contributed by atoms with Crippen molar-refractivity contribution >= 4 is 0 Å². The number of aromatic nitrogens is 1. The van der Waals surface area contributed by atoms with Crippen molar-refractivity contribution in [3.63, 3.8) is 0 Å². The molecule has 1 aliphatic carbocycles. The number of hydrogen-bond donors (Lipinski definition) is 1. The number of aryl methyl sites for hydroxylation is 2. The van der Waals surface area contributed by atoms with Crippen LogP contribution in [-0.4, -0.2) is 4.98 Å². The lowest BCUT2D eigenvalue weighted by Crippen LogP contribution is -2.06. The van der Waals surface area contributed by atoms with Crippen molar-refractivity contribution in [1.82, 2.24) is 4.98 Å². The van der Waals surface area contributed by atoms with Crippen molar-refractivity contribution in [2.45, 2.75) is 97.3 Å². The second-order valence-electron chi connectivity index (χ2n) is 8.14. The highest BCUT2D eigenvalue weighted by Gasteiger charge is 2.13. The second kappa shape index (κ2) is 12.8. The zero-order chi connectivity index (χ0) is 19.3. The Bertz CT molecular complexity index is 600. The summed E-state index contributed by atoms with van der Waals surface area (Å²) in [6.07, 6.45) is 24.9. The number of hydrogen-bond acceptors (Lipinski definition) is 2. The van der Waals surface area contributed by atoms with Crippen LogP contribution in [0.5, 0.6) is 0 Å². The highest BCUT2D eigenvalue weighted by Crippen LogP contribution is 2.28. The van der Waals surface area contributed by atoms with Crippen LogP contribution in [0.1, 0.15) is 95.6 Å². The first-order valence-corrected chi connectivity index (χ1v) is 11.3. The van der Waals surface area contributed by atoms with E-state index in [1.54, 1.807) is 5.57 Å². The lowest BCUT2D eigenvalue weighted by Gasteiger charge is -2.20. The Kier molecular flexibility index (Phi) is 10.3. The summed E-state index contributed by atoms with van der Waals surface area (Å²) < 4.78 is 0. The van der Waals surface area contributed by atoms with Crippen LogP contribution < -0.4 is 5.73 Å². The molecule has 1 fully saturated rings. The van der Waals surface area contributed by atoms with Crippen LogP contribution >= 0.6 is 0 Å². The highest BCUT2D eigenvalue weighted by molar-refractivity contribution is 5.25. The molecule has 1 atom stereocenters. The van der Waals surface area contributed by atoms with Gasteiger partial charge in [0, 0.05) is 18.1 Å². The molecular formula is C25H40N2. The van der Waals surface area contributed by atoms with E-state index in [9.17, 15) is 0 Å². The van der Waals surface area contributed by atoms with Crippen molar-refractivity contribution in [2.75, 3.05) is 0 Å². The predicted molar refractivity (Wildman–Crippen MR) is 118 cm³/mol. The lowest BCUT2D eigenvalue weighted by atomic mass is 9.85. The van der Waals surface area contributed by atoms with E-state index in [1.165, 1.54) is 75.3 Å². The normalized spacial score (nSPS) is 21.3. The van der Waals surface area contributed by atoms with E-state index in [-0.39, 0.29) is 0 Å². The fraction of sp³-hybridized carbons (Fsp3) is 0.640. The molecule has 2 nitrogen and oxygen atoms in total. The molecule has 1 heterocycles. The summed E-state index contributed by atoms with van der Waals surface area (Å²) in [7, 11) is 0. The topological polar surface area (TPSA) is 38.9 Å². The van der Waals surface area contributed by atoms with Crippen molar-refractivity contribution in [1.29, 1.82) is 0 Å². The Morgan fingerprint density at radius 3 is 2.63 bits per heavy atom. The van der Waals surface area contributed by atoms with Gasteiger partial charge in [-0.15, -0.1) is 0 Å². The molecule has 0 saturated heterocycles. The largest absolute Gasteiger partial charge is 0.402 e. The van der Waals surface area contributed by atoms with Gasteiger partial charge >= 0.3 is 0 Å². The van der Waals surface area contributed by atoms with Crippen molar-refractivity contribution in [3.8, 4) is 0 Å². The highest BCUT2D eigenvalue weighted by atomic mass is 14.6. The Morgan fingerprint density at radius 2 is 1.85 bits per heavy atom. The number of nitrogens with two attached hydrogens (primary N) is 1. The van der Waals surface area contributed by atoms with E-state index in [2.05, 4.69) is 37.0 Å². The van der Waals surface area contributed by atoms with Crippen LogP contribution in [0.2, 0.25) is 0 Å². The molecule has 1 aliphatic rings. The Morgan fingerprint density at radius 1 is 1.07 bits per heavy atom. The molecule has 0 radical (unpaired) electrons. The molecule has 0 bridgehead atoms. The van der Waals surface area contributed by atoms with Gasteiger partial charge in [-0.3, -0.25) is 4.98 Å². The zero-order valence-electron chi connectivity index (χ0n) is 17.7. The van der Waals surface area contributed by atoms with Crippen LogP contribution in [0.4, 0.5) is 0 Å². The molecule has 1 aromatic rings. The first-order chi connectivity index (χ1) is 13.2. The Labute approximate surface area is 167 Å². The summed E-state index contributed by atoms with van der Waals surface area (Å²) in [4.78, 5) is 4.31. The van der Waals surface area contributed by atoms with Gasteiger partial charge in [-0.25, -0.2) is 0 Å². The summed E-state index contributed by atoms with van der Waals surface area (Å²) in [5.74, 6) is 0.752. The van der Waals surface area contributed by atoms with Gasteiger partial charge in [0.1, 0.15) is 0 Å². The molecule has 0 spiro atoms. The number of pyridine rings is 1. The van der Waals surface area contributed by atoms with Gasteiger partial charge in [0.25, 0.3) is 0 Å². The second-order valence-corrected chi connectivity index (χ2v) is 8.14. The molecule has 150 valence electrons. The third-order valence-electron chi connectivity index (χ3n) is 6.00. The van der Waals surface area contributed by atoms with Gasteiger partial charge in [0.15, 0.2) is 0 Å². The summed E-state index contributed by atoms with van der Waals surface area (Å²) in [6.45, 7) is 4.57. The van der Waals surface area contributed by atoms with Gasteiger partial charge < -0.3 is 5.73 Å². The van der Waals surface area contributed by atoms with Gasteiger partial charge in [0.2, 0.25) is 0 Å². The minimum Gasteiger partial charge on any atom is -0.402 e. The average Bonchev–Trinajstić information content (AvgIpc) is 2.69. The van der Waals surface area contributed by atoms with Gasteiger partial charge in [0.05, 0.1) is 0 Å². The summed E-state index contributed by atoms with van der Waals surface area (Å²) >= 11 is 0. The maximum absolute atomic E-state index is 6.37. The monoisotopic (exact) mass is 368 g/mol. The minimum atomic E-state index is 0.752. The Balaban J connectivity index is 1.99. The van der Waals surface area contributed by atoms with E-state index in [1.807, 2.05) is 12.4 Å². The van der Waals surface area contributed by atoms with Crippen molar-refractivity contribution in [3.05, 3.63) is 53.0 Å². The molecule has 0 aromatic carbocycles. The van der Waals surface area contributed by atoms with Crippen LogP contribution in [0, 0.1) is 5.92 Å². The first-order valence-electron chi connectivity index (χ1n) is 11.3. The standard InChI is InChI=1S/C25H40N2/c1-3-11-22-18-19-27-20-24(22)15-17-25(26)16-14-23-13-10-8-6-5-7-9-12-21(23)4-2/h14,16,18-21H,3-13,15,17,26H2,1-2H3/b23-14-,25-16-. The minimum absolute atomic E-state index is 0.752. The molecule has 1 saturated carbocycles. The molecule has 2 heteroatoms. The molecule has 1 aromatic heterocycles. The Hall–Kier alpha value is -1.57. The first kappa shape index (κ1) is 21.7. The molecule has 1 unspecified atom stereocenters. The molecule has 0 amide bonds. The molecular weight excluding hydrogens is 328 g/mol. The number of nitrogens with zero attached hydrogens (tertiary/aromatic N) is 1. The fourth-order valence-electron chi connectivity index (χ4n) is 4.27. The maximum atomic E-state index is 6.37. The van der Waals surface area contributed by atoms with Gasteiger partial charge in [-0.1, -0.05) is 64.0 Å². The van der Waals surface area contributed by atoms with E-state index >= 15 is 0 Å². The zero-order valence-corrected chi connectivity index (χ0v) is 17.7. The lowest BCUT2D eigenvalue weighted by molar-refractivity contribution is 0.456. The molecule has 2 rings (SSSR count). The predicted octanol–water partition coefficient (Wildman–Crippen LogP) is 6.90. The van der Waals surface area contributed by atoms with Gasteiger partial charge in [-0.2, -0.15) is 0 Å². The molecule has 0 aliphatic heterocycles. The van der Waals surface area contributed by atoms with E-state index in [4.69, 9.17) is 5.73 Å². The maximum Gasteiger partial charge on any atom is 0.0302 e. The number of rotatable bonds is 7. The SMILES string of the molecule is CCCc1ccncc1CC/C(N)=C/C=C1/CCCCCCCCC1CC. The van der Waals surface area contributed by atoms with Crippen molar-refractivity contribution < 1.29 is 0 Å². The average molecular weight is 369 g/mol. The van der Waals surface area contributed by atoms with Crippen LogP contribution in [0.15, 0.2) is 41.9 Å². The van der Waals surface area contributed by atoms with Gasteiger partial charge in [-0.05, 0) is 74.1 Å².